The number of hydrogen-bond donors (Lipinski definition) is 1. The largest absolute Gasteiger partial charge is 0.497 e. The van der Waals surface area contributed by atoms with Crippen molar-refractivity contribution in [2.45, 2.75) is 6.42 Å². The van der Waals surface area contributed by atoms with Crippen LogP contribution in [0.15, 0.2) is 53.3 Å². The van der Waals surface area contributed by atoms with E-state index in [4.69, 9.17) is 32.7 Å². The molecule has 5 nitrogen and oxygen atoms in total. The van der Waals surface area contributed by atoms with Gasteiger partial charge in [0.2, 0.25) is 0 Å². The van der Waals surface area contributed by atoms with Crippen molar-refractivity contribution in [3.8, 4) is 17.2 Å². The fourth-order valence-electron chi connectivity index (χ4n) is 2.31. The summed E-state index contributed by atoms with van der Waals surface area (Å²) in [5, 5.41) is 7.41. The molecule has 2 aromatic carbocycles. The predicted octanol–water partition coefficient (Wildman–Crippen LogP) is 4.47. The first kappa shape index (κ1) is 17.3. The van der Waals surface area contributed by atoms with Crippen molar-refractivity contribution < 1.29 is 9.47 Å². The van der Waals surface area contributed by atoms with Gasteiger partial charge >= 0.3 is 0 Å². The minimum absolute atomic E-state index is 0.240. The van der Waals surface area contributed by atoms with Gasteiger partial charge in [-0.05, 0) is 42.0 Å². The molecule has 3 aromatic rings. The lowest BCUT2D eigenvalue weighted by Gasteiger charge is -2.11. The maximum atomic E-state index is 11.1. The molecule has 0 fully saturated rings. The number of methoxy groups -OCH3 is 1. The summed E-state index contributed by atoms with van der Waals surface area (Å²) in [4.78, 5) is 11.1. The lowest BCUT2D eigenvalue weighted by Crippen LogP contribution is -2.07. The van der Waals surface area contributed by atoms with E-state index in [0.717, 1.165) is 11.3 Å². The van der Waals surface area contributed by atoms with Gasteiger partial charge in [-0.15, -0.1) is 0 Å². The smallest absolute Gasteiger partial charge is 0.264 e. The van der Waals surface area contributed by atoms with Crippen LogP contribution in [0.4, 0.5) is 0 Å². The second kappa shape index (κ2) is 7.59. The van der Waals surface area contributed by atoms with Crippen molar-refractivity contribution in [2.24, 2.45) is 0 Å². The topological polar surface area (TPSA) is 64.2 Å². The van der Waals surface area contributed by atoms with Crippen LogP contribution in [-0.4, -0.2) is 17.3 Å². The summed E-state index contributed by atoms with van der Waals surface area (Å²) < 4.78 is 11.2. The van der Waals surface area contributed by atoms with Crippen molar-refractivity contribution in [1.29, 1.82) is 0 Å². The molecule has 0 saturated carbocycles. The Morgan fingerprint density at radius 1 is 0.960 bits per heavy atom. The number of hydrogen-bond acceptors (Lipinski definition) is 4. The Kier molecular flexibility index (Phi) is 5.26. The van der Waals surface area contributed by atoms with Crippen LogP contribution in [0.25, 0.3) is 0 Å². The Bertz CT molecular complexity index is 917. The Hall–Kier alpha value is -2.50. The number of aromatic amines is 1. The van der Waals surface area contributed by atoms with Crippen LogP contribution >= 0.6 is 23.2 Å². The minimum Gasteiger partial charge on any atom is -0.497 e. The summed E-state index contributed by atoms with van der Waals surface area (Å²) in [7, 11) is 1.58. The second-order valence-corrected chi connectivity index (χ2v) is 6.19. The molecular weight excluding hydrogens is 363 g/mol. The SMILES string of the molecule is COc1cc(Cc2ccc(=O)[nH]n2)cc(Oc2cc(Cl)cc(Cl)c2)c1. The highest BCUT2D eigenvalue weighted by Crippen LogP contribution is 2.31. The number of halogens is 2. The number of H-pyrrole nitrogens is 1. The van der Waals surface area contributed by atoms with Gasteiger partial charge in [0.15, 0.2) is 0 Å². The molecule has 128 valence electrons. The van der Waals surface area contributed by atoms with E-state index in [0.29, 0.717) is 33.7 Å². The average Bonchev–Trinajstić information content (AvgIpc) is 2.56. The van der Waals surface area contributed by atoms with Crippen LogP contribution in [0.2, 0.25) is 10.0 Å². The molecule has 0 aliphatic carbocycles. The van der Waals surface area contributed by atoms with E-state index < -0.39 is 0 Å². The fourth-order valence-corrected chi connectivity index (χ4v) is 2.82. The highest BCUT2D eigenvalue weighted by atomic mass is 35.5. The molecule has 0 amide bonds. The molecule has 0 aliphatic rings. The van der Waals surface area contributed by atoms with Crippen LogP contribution < -0.4 is 15.0 Å². The fraction of sp³-hybridized carbons (Fsp3) is 0.111. The van der Waals surface area contributed by atoms with Crippen LogP contribution in [0.5, 0.6) is 17.2 Å². The van der Waals surface area contributed by atoms with Crippen molar-refractivity contribution >= 4 is 23.2 Å². The van der Waals surface area contributed by atoms with Gasteiger partial charge in [0.25, 0.3) is 5.56 Å². The molecular formula is C18H14Cl2N2O3. The molecule has 1 heterocycles. The van der Waals surface area contributed by atoms with E-state index in [9.17, 15) is 4.79 Å². The van der Waals surface area contributed by atoms with Gasteiger partial charge in [0.1, 0.15) is 17.2 Å². The zero-order valence-electron chi connectivity index (χ0n) is 13.3. The van der Waals surface area contributed by atoms with Crippen LogP contribution in [0, 0.1) is 0 Å². The zero-order chi connectivity index (χ0) is 17.8. The number of ether oxygens (including phenoxy) is 2. The molecule has 0 aliphatic heterocycles. The number of benzene rings is 2. The van der Waals surface area contributed by atoms with E-state index in [2.05, 4.69) is 10.2 Å². The van der Waals surface area contributed by atoms with Crippen LogP contribution in [0.1, 0.15) is 11.3 Å². The standard InChI is InChI=1S/C18H14Cl2N2O3/c1-24-15-5-11(4-14-2-3-18(23)22-21-14)6-16(10-15)25-17-8-12(19)7-13(20)9-17/h2-3,5-10H,4H2,1H3,(H,22,23). The number of nitrogens with zero attached hydrogens (tertiary/aromatic N) is 1. The quantitative estimate of drug-likeness (QED) is 0.713. The van der Waals surface area contributed by atoms with E-state index in [-0.39, 0.29) is 5.56 Å². The highest BCUT2D eigenvalue weighted by Gasteiger charge is 2.07. The Morgan fingerprint density at radius 2 is 1.64 bits per heavy atom. The molecule has 0 radical (unpaired) electrons. The number of nitrogens with one attached hydrogen (secondary N) is 1. The Morgan fingerprint density at radius 3 is 2.28 bits per heavy atom. The molecule has 0 saturated heterocycles. The normalized spacial score (nSPS) is 10.5. The lowest BCUT2D eigenvalue weighted by atomic mass is 10.1. The average molecular weight is 377 g/mol. The Labute approximate surface area is 154 Å². The molecule has 1 N–H and O–H groups in total. The third kappa shape index (κ3) is 4.75. The summed E-state index contributed by atoms with van der Waals surface area (Å²) in [6.07, 6.45) is 0.515. The third-order valence-corrected chi connectivity index (χ3v) is 3.81. The van der Waals surface area contributed by atoms with Crippen molar-refractivity contribution in [3.05, 3.63) is 80.2 Å². The van der Waals surface area contributed by atoms with Gasteiger partial charge in [-0.2, -0.15) is 5.10 Å². The molecule has 0 spiro atoms. The maximum Gasteiger partial charge on any atom is 0.264 e. The first-order valence-electron chi connectivity index (χ1n) is 7.38. The van der Waals surface area contributed by atoms with Gasteiger partial charge in [-0.3, -0.25) is 4.79 Å². The van der Waals surface area contributed by atoms with Crippen molar-refractivity contribution in [2.75, 3.05) is 7.11 Å². The Balaban J connectivity index is 1.88. The van der Waals surface area contributed by atoms with E-state index in [1.807, 2.05) is 12.1 Å². The molecule has 0 unspecified atom stereocenters. The molecule has 0 atom stereocenters. The van der Waals surface area contributed by atoms with Gasteiger partial charge in [-0.1, -0.05) is 23.2 Å². The van der Waals surface area contributed by atoms with Crippen molar-refractivity contribution in [3.63, 3.8) is 0 Å². The highest BCUT2D eigenvalue weighted by molar-refractivity contribution is 6.34. The first-order valence-corrected chi connectivity index (χ1v) is 8.14. The second-order valence-electron chi connectivity index (χ2n) is 5.31. The van der Waals surface area contributed by atoms with Crippen molar-refractivity contribution in [1.82, 2.24) is 10.2 Å². The van der Waals surface area contributed by atoms with Gasteiger partial charge < -0.3 is 9.47 Å². The zero-order valence-corrected chi connectivity index (χ0v) is 14.8. The summed E-state index contributed by atoms with van der Waals surface area (Å²) in [5.74, 6) is 1.75. The minimum atomic E-state index is -0.240. The van der Waals surface area contributed by atoms with E-state index >= 15 is 0 Å². The van der Waals surface area contributed by atoms with E-state index in [1.165, 1.54) is 6.07 Å². The molecule has 3 rings (SSSR count). The lowest BCUT2D eigenvalue weighted by molar-refractivity contribution is 0.408. The van der Waals surface area contributed by atoms with Gasteiger partial charge in [0.05, 0.1) is 12.8 Å². The summed E-state index contributed by atoms with van der Waals surface area (Å²) >= 11 is 12.0. The number of aromatic nitrogens is 2. The summed E-state index contributed by atoms with van der Waals surface area (Å²) in [6, 6.07) is 13.6. The predicted molar refractivity (Wildman–Crippen MR) is 97.2 cm³/mol. The molecule has 7 heteroatoms. The summed E-state index contributed by atoms with van der Waals surface area (Å²) in [6.45, 7) is 0. The molecule has 25 heavy (non-hydrogen) atoms. The van der Waals surface area contributed by atoms with Gasteiger partial charge in [0, 0.05) is 28.6 Å². The maximum absolute atomic E-state index is 11.1. The molecule has 1 aromatic heterocycles. The first-order chi connectivity index (χ1) is 12.0. The van der Waals surface area contributed by atoms with Gasteiger partial charge in [-0.25, -0.2) is 5.10 Å². The number of rotatable bonds is 5. The van der Waals surface area contributed by atoms with Crippen LogP contribution in [-0.2, 0) is 6.42 Å². The third-order valence-electron chi connectivity index (χ3n) is 3.37. The monoisotopic (exact) mass is 376 g/mol. The molecule has 0 bridgehead atoms. The van der Waals surface area contributed by atoms with Crippen LogP contribution in [0.3, 0.4) is 0 Å². The summed E-state index contributed by atoms with van der Waals surface area (Å²) in [5.41, 5.74) is 1.41. The van der Waals surface area contributed by atoms with E-state index in [1.54, 1.807) is 37.4 Å².